The molecule has 1 rings (SSSR count). The Kier molecular flexibility index (Phi) is 11.4. The predicted octanol–water partition coefficient (Wildman–Crippen LogP) is 2.56. The number of unbranched alkanes of at least 4 members (excludes halogenated alkanes) is 3. The van der Waals surface area contributed by atoms with Crippen molar-refractivity contribution in [2.45, 2.75) is 95.2 Å². The summed E-state index contributed by atoms with van der Waals surface area (Å²) in [6.07, 6.45) is 10.3. The molecule has 150 valence electrons. The molecule has 0 bridgehead atoms. The number of carboxylic acids is 1. The average molecular weight is 370 g/mol. The Morgan fingerprint density at radius 3 is 2.65 bits per heavy atom. The summed E-state index contributed by atoms with van der Waals surface area (Å²) in [5.74, 6) is -0.889. The first kappa shape index (κ1) is 22.8. The maximum Gasteiger partial charge on any atom is 0.303 e. The van der Waals surface area contributed by atoms with Crippen molar-refractivity contribution >= 4 is 5.97 Å². The Bertz CT molecular complexity index is 448. The van der Waals surface area contributed by atoms with Gasteiger partial charge in [-0.05, 0) is 32.1 Å². The van der Waals surface area contributed by atoms with E-state index < -0.39 is 30.4 Å². The number of ether oxygens (including phenoxy) is 1. The molecule has 0 radical (unpaired) electrons. The number of aliphatic carboxylic acids is 1. The molecule has 1 aliphatic heterocycles. The molecule has 1 fully saturated rings. The fourth-order valence-corrected chi connectivity index (χ4v) is 2.98. The summed E-state index contributed by atoms with van der Waals surface area (Å²) in [4.78, 5) is 10.4. The average Bonchev–Trinajstić information content (AvgIpc) is 2.96. The van der Waals surface area contributed by atoms with Gasteiger partial charge in [-0.1, -0.05) is 44.1 Å². The fraction of sp³-hybridized carbons (Fsp3) is 0.750. The van der Waals surface area contributed by atoms with Crippen molar-refractivity contribution in [2.75, 3.05) is 0 Å². The van der Waals surface area contributed by atoms with E-state index in [4.69, 9.17) is 9.84 Å². The van der Waals surface area contributed by atoms with Crippen LogP contribution in [-0.4, -0.2) is 56.9 Å². The lowest BCUT2D eigenvalue weighted by Crippen LogP contribution is -2.24. The second kappa shape index (κ2) is 13.0. The lowest BCUT2D eigenvalue weighted by atomic mass is 10.0. The molecule has 0 amide bonds. The third kappa shape index (κ3) is 9.48. The molecule has 0 aromatic carbocycles. The van der Waals surface area contributed by atoms with Gasteiger partial charge in [0.2, 0.25) is 0 Å². The summed E-state index contributed by atoms with van der Waals surface area (Å²) in [5, 5.41) is 38.6. The molecule has 0 aromatic heterocycles. The number of aliphatic hydroxyl groups excluding tert-OH is 3. The van der Waals surface area contributed by atoms with Crippen molar-refractivity contribution in [1.82, 2.24) is 0 Å². The van der Waals surface area contributed by atoms with Crippen LogP contribution in [0.3, 0.4) is 0 Å². The van der Waals surface area contributed by atoms with Gasteiger partial charge in [0.25, 0.3) is 0 Å². The van der Waals surface area contributed by atoms with E-state index in [1.165, 1.54) is 31.4 Å². The first-order valence-corrected chi connectivity index (χ1v) is 9.68. The number of rotatable bonds is 13. The van der Waals surface area contributed by atoms with Crippen LogP contribution in [-0.2, 0) is 9.53 Å². The number of aliphatic hydroxyl groups is 3. The number of hydrogen-bond acceptors (Lipinski definition) is 5. The van der Waals surface area contributed by atoms with Crippen molar-refractivity contribution in [3.8, 4) is 0 Å². The van der Waals surface area contributed by atoms with Crippen molar-refractivity contribution in [3.63, 3.8) is 0 Å². The van der Waals surface area contributed by atoms with Crippen LogP contribution < -0.4 is 0 Å². The number of carboxylic acid groups (broad SMARTS) is 1. The van der Waals surface area contributed by atoms with Gasteiger partial charge in [-0.3, -0.25) is 4.79 Å². The van der Waals surface area contributed by atoms with Gasteiger partial charge in [-0.25, -0.2) is 0 Å². The number of carbonyl (C=O) groups is 1. The van der Waals surface area contributed by atoms with Crippen molar-refractivity contribution < 1.29 is 30.0 Å². The molecule has 1 aliphatic rings. The highest BCUT2D eigenvalue weighted by Gasteiger charge is 2.36. The van der Waals surface area contributed by atoms with Crippen molar-refractivity contribution in [1.29, 1.82) is 0 Å². The second-order valence-electron chi connectivity index (χ2n) is 6.95. The summed E-state index contributed by atoms with van der Waals surface area (Å²) < 4.78 is 5.75. The van der Waals surface area contributed by atoms with Crippen LogP contribution in [0.1, 0.15) is 64.7 Å². The zero-order valence-electron chi connectivity index (χ0n) is 15.7. The molecule has 0 saturated carbocycles. The Labute approximate surface area is 156 Å². The van der Waals surface area contributed by atoms with Crippen molar-refractivity contribution in [2.24, 2.45) is 0 Å². The van der Waals surface area contributed by atoms with E-state index in [1.54, 1.807) is 0 Å². The topological polar surface area (TPSA) is 107 Å². The highest BCUT2D eigenvalue weighted by atomic mass is 16.5. The van der Waals surface area contributed by atoms with Gasteiger partial charge >= 0.3 is 5.97 Å². The van der Waals surface area contributed by atoms with Gasteiger partial charge in [-0.2, -0.15) is 0 Å². The third-order valence-corrected chi connectivity index (χ3v) is 4.56. The molecule has 5 atom stereocenters. The minimum Gasteiger partial charge on any atom is -0.481 e. The molecule has 1 heterocycles. The first-order chi connectivity index (χ1) is 12.4. The molecular weight excluding hydrogens is 336 g/mol. The Morgan fingerprint density at radius 1 is 1.19 bits per heavy atom. The molecule has 0 spiro atoms. The summed E-state index contributed by atoms with van der Waals surface area (Å²) in [7, 11) is 0. The summed E-state index contributed by atoms with van der Waals surface area (Å²) >= 11 is 0. The highest BCUT2D eigenvalue weighted by Crippen LogP contribution is 2.26. The monoisotopic (exact) mass is 370 g/mol. The Balaban J connectivity index is 2.31. The van der Waals surface area contributed by atoms with E-state index in [1.807, 2.05) is 6.08 Å². The van der Waals surface area contributed by atoms with Gasteiger partial charge in [0, 0.05) is 12.8 Å². The van der Waals surface area contributed by atoms with Crippen LogP contribution in [0.2, 0.25) is 0 Å². The molecule has 6 heteroatoms. The van der Waals surface area contributed by atoms with E-state index in [0.717, 1.165) is 6.42 Å². The van der Waals surface area contributed by atoms with Gasteiger partial charge in [0.05, 0.1) is 30.5 Å². The fourth-order valence-electron chi connectivity index (χ4n) is 2.98. The second-order valence-corrected chi connectivity index (χ2v) is 6.95. The molecule has 1 saturated heterocycles. The molecule has 0 aliphatic carbocycles. The van der Waals surface area contributed by atoms with E-state index >= 15 is 0 Å². The van der Waals surface area contributed by atoms with Gasteiger partial charge in [-0.15, -0.1) is 0 Å². The molecule has 26 heavy (non-hydrogen) atoms. The number of allylic oxidation sites excluding steroid dienone is 1. The summed E-state index contributed by atoms with van der Waals surface area (Å²) in [5.41, 5.74) is 0. The maximum atomic E-state index is 10.4. The SMILES string of the molecule is CCCCC/C=C\C[C@@H]1O[C@H]([C@@H](O)/C=C/[C@H](O)CCCC(=O)O)C[C@H]1O. The largest absolute Gasteiger partial charge is 0.481 e. The van der Waals surface area contributed by atoms with Crippen LogP contribution in [0.15, 0.2) is 24.3 Å². The van der Waals surface area contributed by atoms with Crippen molar-refractivity contribution in [3.05, 3.63) is 24.3 Å². The van der Waals surface area contributed by atoms with Crippen LogP contribution in [0.4, 0.5) is 0 Å². The first-order valence-electron chi connectivity index (χ1n) is 9.68. The highest BCUT2D eigenvalue weighted by molar-refractivity contribution is 5.66. The summed E-state index contributed by atoms with van der Waals surface area (Å²) in [6, 6.07) is 0. The van der Waals surface area contributed by atoms with E-state index in [9.17, 15) is 20.1 Å². The van der Waals surface area contributed by atoms with E-state index in [2.05, 4.69) is 13.0 Å². The normalized spacial score (nSPS) is 25.9. The van der Waals surface area contributed by atoms with Crippen LogP contribution >= 0.6 is 0 Å². The van der Waals surface area contributed by atoms with Gasteiger partial charge in [0.15, 0.2) is 0 Å². The standard InChI is InChI=1S/C20H34O6/c1-2-3-4-5-6-7-10-18-17(23)14-19(26-18)16(22)13-12-15(21)9-8-11-20(24)25/h6-7,12-13,15-19,21-23H,2-5,8-11,14H2,1H3,(H,24,25)/b7-6-,13-12+/t15-,16+,17-,18+,19+/m1/s1. The molecule has 4 N–H and O–H groups in total. The summed E-state index contributed by atoms with van der Waals surface area (Å²) in [6.45, 7) is 2.17. The zero-order valence-corrected chi connectivity index (χ0v) is 15.7. The quantitative estimate of drug-likeness (QED) is 0.293. The van der Waals surface area contributed by atoms with Gasteiger partial charge < -0.3 is 25.2 Å². The lowest BCUT2D eigenvalue weighted by Gasteiger charge is -2.16. The minimum atomic E-state index is -0.905. The molecule has 0 aromatic rings. The smallest absolute Gasteiger partial charge is 0.303 e. The predicted molar refractivity (Wildman–Crippen MR) is 99.8 cm³/mol. The molecule has 0 unspecified atom stereocenters. The molecular formula is C20H34O6. The van der Waals surface area contributed by atoms with Gasteiger partial charge in [0.1, 0.15) is 0 Å². The van der Waals surface area contributed by atoms with E-state index in [-0.39, 0.29) is 12.5 Å². The van der Waals surface area contributed by atoms with Crippen LogP contribution in [0.25, 0.3) is 0 Å². The number of hydrogen-bond donors (Lipinski definition) is 4. The van der Waals surface area contributed by atoms with Crippen LogP contribution in [0, 0.1) is 0 Å². The minimum absolute atomic E-state index is 0.0129. The zero-order chi connectivity index (χ0) is 19.4. The lowest BCUT2D eigenvalue weighted by molar-refractivity contribution is -0.137. The van der Waals surface area contributed by atoms with Crippen LogP contribution in [0.5, 0.6) is 0 Å². The van der Waals surface area contributed by atoms with E-state index in [0.29, 0.717) is 25.7 Å². The maximum absolute atomic E-state index is 10.4. The Hall–Kier alpha value is -1.21. The molecule has 6 nitrogen and oxygen atoms in total. The Morgan fingerprint density at radius 2 is 1.96 bits per heavy atom. The third-order valence-electron chi connectivity index (χ3n) is 4.56.